The summed E-state index contributed by atoms with van der Waals surface area (Å²) in [5, 5.41) is 0. The molecular weight excluding hydrogens is 395 g/mol. The molecule has 1 unspecified atom stereocenters. The second-order valence-corrected chi connectivity index (χ2v) is 7.36. The number of benzene rings is 1. The van der Waals surface area contributed by atoms with E-state index in [2.05, 4.69) is 24.0 Å². The molecule has 7 heteroatoms. The summed E-state index contributed by atoms with van der Waals surface area (Å²) < 4.78 is 2.04. The molecular formula is C21H32Cl2N4O. The van der Waals surface area contributed by atoms with Crippen LogP contribution in [0.1, 0.15) is 43.9 Å². The number of aromatic nitrogens is 2. The number of carbonyl (C=O) groups is 1. The van der Waals surface area contributed by atoms with Gasteiger partial charge in [0, 0.05) is 32.3 Å². The van der Waals surface area contributed by atoms with Gasteiger partial charge in [-0.25, -0.2) is 4.98 Å². The highest BCUT2D eigenvalue weighted by Gasteiger charge is 2.24. The number of hydrogen-bond donors (Lipinski definition) is 1. The van der Waals surface area contributed by atoms with E-state index in [-0.39, 0.29) is 30.7 Å². The van der Waals surface area contributed by atoms with E-state index in [1.54, 1.807) is 0 Å². The largest absolute Gasteiger partial charge is 0.341 e. The van der Waals surface area contributed by atoms with Gasteiger partial charge in [-0.1, -0.05) is 43.7 Å². The van der Waals surface area contributed by atoms with E-state index in [4.69, 9.17) is 5.73 Å². The van der Waals surface area contributed by atoms with Gasteiger partial charge in [-0.15, -0.1) is 24.8 Å². The maximum absolute atomic E-state index is 12.7. The fourth-order valence-electron chi connectivity index (χ4n) is 3.73. The Morgan fingerprint density at radius 1 is 1.21 bits per heavy atom. The highest BCUT2D eigenvalue weighted by Crippen LogP contribution is 2.20. The SMILES string of the molecule is CCC1CCCN(C(=O)[C@@H](N)Cc2cn(Cc3ccccc3)cn2)CC1.Cl.Cl. The van der Waals surface area contributed by atoms with Crippen LogP contribution in [-0.4, -0.2) is 39.5 Å². The van der Waals surface area contributed by atoms with E-state index in [0.29, 0.717) is 6.42 Å². The van der Waals surface area contributed by atoms with Crippen LogP contribution in [0.4, 0.5) is 0 Å². The molecule has 2 N–H and O–H groups in total. The molecule has 1 amide bonds. The molecule has 1 saturated heterocycles. The van der Waals surface area contributed by atoms with Crippen molar-refractivity contribution in [1.29, 1.82) is 0 Å². The molecule has 5 nitrogen and oxygen atoms in total. The molecule has 3 rings (SSSR count). The average Bonchev–Trinajstić information content (AvgIpc) is 2.95. The lowest BCUT2D eigenvalue weighted by Crippen LogP contribution is -2.45. The molecule has 2 heterocycles. The van der Waals surface area contributed by atoms with Gasteiger partial charge in [0.05, 0.1) is 18.1 Å². The van der Waals surface area contributed by atoms with Crippen LogP contribution in [0, 0.1) is 5.92 Å². The first-order valence-corrected chi connectivity index (χ1v) is 9.74. The monoisotopic (exact) mass is 426 g/mol. The number of imidazole rings is 1. The van der Waals surface area contributed by atoms with E-state index in [9.17, 15) is 4.79 Å². The van der Waals surface area contributed by atoms with E-state index in [1.807, 2.05) is 40.2 Å². The predicted molar refractivity (Wildman–Crippen MR) is 118 cm³/mol. The van der Waals surface area contributed by atoms with Crippen molar-refractivity contribution in [3.63, 3.8) is 0 Å². The topological polar surface area (TPSA) is 64.2 Å². The molecule has 2 aromatic rings. The van der Waals surface area contributed by atoms with Gasteiger partial charge in [0.25, 0.3) is 0 Å². The molecule has 1 aliphatic heterocycles. The number of amides is 1. The summed E-state index contributed by atoms with van der Waals surface area (Å²) in [6.45, 7) is 4.69. The third-order valence-corrected chi connectivity index (χ3v) is 5.38. The molecule has 1 aromatic carbocycles. The van der Waals surface area contributed by atoms with Crippen molar-refractivity contribution in [2.75, 3.05) is 13.1 Å². The Hall–Kier alpha value is -1.56. The van der Waals surface area contributed by atoms with Crippen LogP contribution in [-0.2, 0) is 17.8 Å². The fourth-order valence-corrected chi connectivity index (χ4v) is 3.73. The summed E-state index contributed by atoms with van der Waals surface area (Å²) in [5.41, 5.74) is 8.33. The number of nitrogens with two attached hydrogens (primary N) is 1. The minimum atomic E-state index is -0.506. The second-order valence-electron chi connectivity index (χ2n) is 7.36. The molecule has 0 radical (unpaired) electrons. The van der Waals surface area contributed by atoms with Gasteiger partial charge in [0.2, 0.25) is 5.91 Å². The molecule has 1 aliphatic rings. The maximum atomic E-state index is 12.7. The number of likely N-dealkylation sites (tertiary alicyclic amines) is 1. The summed E-state index contributed by atoms with van der Waals surface area (Å²) in [6.07, 6.45) is 8.91. The molecule has 0 bridgehead atoms. The fraction of sp³-hybridized carbons (Fsp3) is 0.524. The third kappa shape index (κ3) is 6.80. The highest BCUT2D eigenvalue weighted by molar-refractivity contribution is 5.85. The summed E-state index contributed by atoms with van der Waals surface area (Å²) in [5.74, 6) is 0.817. The number of rotatable bonds is 6. The standard InChI is InChI=1S/C21H30N4O.2ClH/c1-2-17-9-6-11-25(12-10-17)21(26)20(22)13-19-15-24(16-23-19)14-18-7-4-3-5-8-18;;/h3-5,7-8,15-17,20H,2,6,9-14,22H2,1H3;2*1H/t17?,20-;;/m0../s1. The summed E-state index contributed by atoms with van der Waals surface area (Å²) in [6, 6.07) is 9.76. The normalized spacial score (nSPS) is 17.8. The van der Waals surface area contributed by atoms with E-state index < -0.39 is 6.04 Å². The van der Waals surface area contributed by atoms with Crippen LogP contribution in [0.25, 0.3) is 0 Å². The van der Waals surface area contributed by atoms with Gasteiger partial charge in [-0.2, -0.15) is 0 Å². The van der Waals surface area contributed by atoms with Gasteiger partial charge in [0.1, 0.15) is 0 Å². The second kappa shape index (κ2) is 12.1. The van der Waals surface area contributed by atoms with Crippen molar-refractivity contribution >= 4 is 30.7 Å². The quantitative estimate of drug-likeness (QED) is 0.765. The van der Waals surface area contributed by atoms with Crippen LogP contribution < -0.4 is 5.73 Å². The number of hydrogen-bond acceptors (Lipinski definition) is 3. The Morgan fingerprint density at radius 3 is 2.68 bits per heavy atom. The lowest BCUT2D eigenvalue weighted by molar-refractivity contribution is -0.132. The molecule has 0 spiro atoms. The predicted octanol–water partition coefficient (Wildman–Crippen LogP) is 3.68. The minimum Gasteiger partial charge on any atom is -0.341 e. The zero-order valence-corrected chi connectivity index (χ0v) is 18.1. The number of nitrogens with zero attached hydrogens (tertiary/aromatic N) is 3. The first kappa shape index (κ1) is 24.5. The Labute approximate surface area is 180 Å². The van der Waals surface area contributed by atoms with Crippen LogP contribution >= 0.6 is 24.8 Å². The third-order valence-electron chi connectivity index (χ3n) is 5.38. The van der Waals surface area contributed by atoms with Gasteiger partial charge < -0.3 is 15.2 Å². The Balaban J connectivity index is 0.00000196. The average molecular weight is 427 g/mol. The zero-order chi connectivity index (χ0) is 18.4. The lowest BCUT2D eigenvalue weighted by Gasteiger charge is -2.24. The van der Waals surface area contributed by atoms with Crippen LogP contribution in [0.15, 0.2) is 42.9 Å². The van der Waals surface area contributed by atoms with Crippen molar-refractivity contribution in [2.45, 2.75) is 51.6 Å². The maximum Gasteiger partial charge on any atom is 0.239 e. The molecule has 1 aromatic heterocycles. The van der Waals surface area contributed by atoms with Crippen molar-refractivity contribution < 1.29 is 4.79 Å². The molecule has 0 aliphatic carbocycles. The van der Waals surface area contributed by atoms with Gasteiger partial charge in [-0.05, 0) is 30.7 Å². The molecule has 28 heavy (non-hydrogen) atoms. The Kier molecular flexibility index (Phi) is 10.6. The van der Waals surface area contributed by atoms with Crippen molar-refractivity contribution in [3.05, 3.63) is 54.1 Å². The zero-order valence-electron chi connectivity index (χ0n) is 16.5. The van der Waals surface area contributed by atoms with Gasteiger partial charge in [0.15, 0.2) is 0 Å². The van der Waals surface area contributed by atoms with E-state index >= 15 is 0 Å². The highest BCUT2D eigenvalue weighted by atomic mass is 35.5. The lowest BCUT2D eigenvalue weighted by atomic mass is 9.98. The summed E-state index contributed by atoms with van der Waals surface area (Å²) in [4.78, 5) is 19.1. The Bertz CT molecular complexity index is 707. The smallest absolute Gasteiger partial charge is 0.239 e. The summed E-state index contributed by atoms with van der Waals surface area (Å²) >= 11 is 0. The van der Waals surface area contributed by atoms with E-state index in [0.717, 1.165) is 44.1 Å². The summed E-state index contributed by atoms with van der Waals surface area (Å²) in [7, 11) is 0. The first-order valence-electron chi connectivity index (χ1n) is 9.74. The number of halogens is 2. The van der Waals surface area contributed by atoms with Crippen molar-refractivity contribution in [2.24, 2.45) is 11.7 Å². The molecule has 2 atom stereocenters. The van der Waals surface area contributed by atoms with Crippen LogP contribution in [0.5, 0.6) is 0 Å². The van der Waals surface area contributed by atoms with E-state index in [1.165, 1.54) is 18.4 Å². The van der Waals surface area contributed by atoms with Crippen molar-refractivity contribution in [3.8, 4) is 0 Å². The Morgan fingerprint density at radius 2 is 1.96 bits per heavy atom. The molecule has 0 saturated carbocycles. The van der Waals surface area contributed by atoms with Crippen molar-refractivity contribution in [1.82, 2.24) is 14.5 Å². The molecule has 156 valence electrons. The van der Waals surface area contributed by atoms with Crippen LogP contribution in [0.2, 0.25) is 0 Å². The first-order chi connectivity index (χ1) is 12.7. The minimum absolute atomic E-state index is 0. The molecule has 1 fully saturated rings. The number of carbonyl (C=O) groups excluding carboxylic acids is 1. The van der Waals surface area contributed by atoms with Gasteiger partial charge in [-0.3, -0.25) is 4.79 Å². The van der Waals surface area contributed by atoms with Crippen LogP contribution in [0.3, 0.4) is 0 Å². The van der Waals surface area contributed by atoms with Gasteiger partial charge >= 0.3 is 0 Å².